The fourth-order valence-electron chi connectivity index (χ4n) is 2.20. The van der Waals surface area contributed by atoms with E-state index in [4.69, 9.17) is 0 Å². The lowest BCUT2D eigenvalue weighted by Gasteiger charge is -2.09. The quantitative estimate of drug-likeness (QED) is 0.873. The summed E-state index contributed by atoms with van der Waals surface area (Å²) in [6.45, 7) is 0.537. The van der Waals surface area contributed by atoms with Gasteiger partial charge in [-0.05, 0) is 37.0 Å². The van der Waals surface area contributed by atoms with E-state index in [9.17, 15) is 13.2 Å². The summed E-state index contributed by atoms with van der Waals surface area (Å²) in [6.07, 6.45) is -0.0191. The van der Waals surface area contributed by atoms with Gasteiger partial charge in [-0.3, -0.25) is 0 Å². The third-order valence-corrected chi connectivity index (χ3v) is 3.56. The van der Waals surface area contributed by atoms with Gasteiger partial charge < -0.3 is 5.32 Å². The van der Waals surface area contributed by atoms with Crippen LogP contribution in [-0.2, 0) is 6.42 Å². The Kier molecular flexibility index (Phi) is 4.27. The maximum Gasteiger partial charge on any atom is 0.280 e. The first kappa shape index (κ1) is 14.8. The molecule has 0 amide bonds. The maximum absolute atomic E-state index is 12.9. The second-order valence-electron chi connectivity index (χ2n) is 5.41. The minimum absolute atomic E-state index is 0.219. The molecule has 0 bridgehead atoms. The minimum atomic E-state index is -2.60. The number of halogens is 3. The average molecular weight is 307 g/mol. The van der Waals surface area contributed by atoms with Crippen LogP contribution in [0.1, 0.15) is 42.3 Å². The Morgan fingerprint density at radius 1 is 1.14 bits per heavy atom. The second-order valence-corrected chi connectivity index (χ2v) is 5.41. The van der Waals surface area contributed by atoms with Crippen molar-refractivity contribution in [2.45, 2.75) is 31.6 Å². The minimum Gasteiger partial charge on any atom is -0.370 e. The van der Waals surface area contributed by atoms with Gasteiger partial charge >= 0.3 is 0 Å². The molecule has 116 valence electrons. The van der Waals surface area contributed by atoms with E-state index in [1.165, 1.54) is 18.2 Å². The van der Waals surface area contributed by atoms with Crippen molar-refractivity contribution >= 4 is 5.82 Å². The predicted octanol–water partition coefficient (Wildman–Crippen LogP) is 4.09. The van der Waals surface area contributed by atoms with Gasteiger partial charge in [0.1, 0.15) is 23.2 Å². The van der Waals surface area contributed by atoms with E-state index in [1.54, 1.807) is 12.1 Å². The summed E-state index contributed by atoms with van der Waals surface area (Å²) in [5.41, 5.74) is 0.737. The largest absolute Gasteiger partial charge is 0.370 e. The van der Waals surface area contributed by atoms with Gasteiger partial charge in [0.25, 0.3) is 6.43 Å². The molecule has 0 spiro atoms. The number of aromatic nitrogens is 2. The number of rotatable bonds is 6. The molecule has 22 heavy (non-hydrogen) atoms. The molecule has 1 N–H and O–H groups in total. The van der Waals surface area contributed by atoms with Gasteiger partial charge in [-0.25, -0.2) is 23.1 Å². The standard InChI is InChI=1S/C16H16F3N3/c17-12-5-1-10(2-6-12)7-8-20-14-9-13(15(18)19)21-16(22-14)11-3-4-11/h1-2,5-6,9,11,15H,3-4,7-8H2,(H,20,21,22). The van der Waals surface area contributed by atoms with E-state index in [-0.39, 0.29) is 17.4 Å². The van der Waals surface area contributed by atoms with Crippen LogP contribution in [0.25, 0.3) is 0 Å². The van der Waals surface area contributed by atoms with Crippen LogP contribution in [0.15, 0.2) is 30.3 Å². The van der Waals surface area contributed by atoms with Crippen LogP contribution < -0.4 is 5.32 Å². The second kappa shape index (κ2) is 6.34. The number of nitrogens with zero attached hydrogens (tertiary/aromatic N) is 2. The van der Waals surface area contributed by atoms with Crippen molar-refractivity contribution in [3.63, 3.8) is 0 Å². The molecule has 1 heterocycles. The molecule has 0 aliphatic heterocycles. The Balaban J connectivity index is 1.65. The monoisotopic (exact) mass is 307 g/mol. The first-order valence-electron chi connectivity index (χ1n) is 7.27. The highest BCUT2D eigenvalue weighted by Crippen LogP contribution is 2.39. The van der Waals surface area contributed by atoms with Crippen LogP contribution in [0.4, 0.5) is 19.0 Å². The summed E-state index contributed by atoms with van der Waals surface area (Å²) < 4.78 is 38.6. The summed E-state index contributed by atoms with van der Waals surface area (Å²) in [7, 11) is 0. The normalized spacial score (nSPS) is 14.4. The molecule has 6 heteroatoms. The molecule has 1 aromatic carbocycles. The molecule has 2 aromatic rings. The average Bonchev–Trinajstić information content (AvgIpc) is 3.34. The molecule has 0 saturated heterocycles. The van der Waals surface area contributed by atoms with Gasteiger partial charge in [0.05, 0.1) is 0 Å². The van der Waals surface area contributed by atoms with E-state index < -0.39 is 6.43 Å². The zero-order chi connectivity index (χ0) is 15.5. The zero-order valence-electron chi connectivity index (χ0n) is 11.9. The number of hydrogen-bond donors (Lipinski definition) is 1. The molecule has 1 aromatic heterocycles. The highest BCUT2D eigenvalue weighted by molar-refractivity contribution is 5.37. The smallest absolute Gasteiger partial charge is 0.280 e. The van der Waals surface area contributed by atoms with E-state index >= 15 is 0 Å². The van der Waals surface area contributed by atoms with Crippen molar-refractivity contribution in [3.05, 3.63) is 53.2 Å². The van der Waals surface area contributed by atoms with Crippen LogP contribution in [0.3, 0.4) is 0 Å². The Bertz CT molecular complexity index is 619. The van der Waals surface area contributed by atoms with Gasteiger partial charge in [-0.15, -0.1) is 0 Å². The lowest BCUT2D eigenvalue weighted by molar-refractivity contribution is 0.145. The first-order chi connectivity index (χ1) is 10.6. The van der Waals surface area contributed by atoms with Crippen molar-refractivity contribution in [3.8, 4) is 0 Å². The van der Waals surface area contributed by atoms with Crippen molar-refractivity contribution in [2.75, 3.05) is 11.9 Å². The summed E-state index contributed by atoms with van der Waals surface area (Å²) in [4.78, 5) is 8.24. The predicted molar refractivity (Wildman–Crippen MR) is 77.6 cm³/mol. The Labute approximate surface area is 126 Å². The summed E-state index contributed by atoms with van der Waals surface area (Å²) in [6, 6.07) is 7.51. The molecule has 1 saturated carbocycles. The Morgan fingerprint density at radius 2 is 1.86 bits per heavy atom. The fraction of sp³-hybridized carbons (Fsp3) is 0.375. The van der Waals surface area contributed by atoms with E-state index in [0.29, 0.717) is 24.6 Å². The number of nitrogens with one attached hydrogen (secondary N) is 1. The third-order valence-electron chi connectivity index (χ3n) is 3.56. The molecule has 1 fully saturated rings. The lowest BCUT2D eigenvalue weighted by atomic mass is 10.1. The van der Waals surface area contributed by atoms with Gasteiger partial charge in [0.2, 0.25) is 0 Å². The van der Waals surface area contributed by atoms with Gasteiger partial charge in [-0.2, -0.15) is 0 Å². The van der Waals surface area contributed by atoms with Crippen LogP contribution in [0, 0.1) is 5.82 Å². The lowest BCUT2D eigenvalue weighted by Crippen LogP contribution is -2.09. The highest BCUT2D eigenvalue weighted by atomic mass is 19.3. The molecule has 1 aliphatic carbocycles. The molecule has 0 unspecified atom stereocenters. The highest BCUT2D eigenvalue weighted by Gasteiger charge is 2.28. The van der Waals surface area contributed by atoms with E-state index in [0.717, 1.165) is 18.4 Å². The fourth-order valence-corrected chi connectivity index (χ4v) is 2.20. The summed E-state index contributed by atoms with van der Waals surface area (Å²) in [5, 5.41) is 3.05. The molecule has 0 atom stereocenters. The SMILES string of the molecule is Fc1ccc(CCNc2cc(C(F)F)nc(C3CC3)n2)cc1. The van der Waals surface area contributed by atoms with Crippen LogP contribution in [-0.4, -0.2) is 16.5 Å². The van der Waals surface area contributed by atoms with Crippen molar-refractivity contribution in [1.29, 1.82) is 0 Å². The first-order valence-corrected chi connectivity index (χ1v) is 7.27. The van der Waals surface area contributed by atoms with Crippen molar-refractivity contribution < 1.29 is 13.2 Å². The van der Waals surface area contributed by atoms with Gasteiger partial charge in [0, 0.05) is 18.5 Å². The van der Waals surface area contributed by atoms with E-state index in [2.05, 4.69) is 15.3 Å². The molecular formula is C16H16F3N3. The summed E-state index contributed by atoms with van der Waals surface area (Å²) in [5.74, 6) is 0.871. The molecule has 3 rings (SSSR count). The number of alkyl halides is 2. The summed E-state index contributed by atoms with van der Waals surface area (Å²) >= 11 is 0. The number of anilines is 1. The number of benzene rings is 1. The Hall–Kier alpha value is -2.11. The van der Waals surface area contributed by atoms with Crippen LogP contribution in [0.5, 0.6) is 0 Å². The number of hydrogen-bond acceptors (Lipinski definition) is 3. The van der Waals surface area contributed by atoms with Crippen LogP contribution >= 0.6 is 0 Å². The third kappa shape index (κ3) is 3.75. The van der Waals surface area contributed by atoms with Crippen molar-refractivity contribution in [1.82, 2.24) is 9.97 Å². The zero-order valence-corrected chi connectivity index (χ0v) is 11.9. The molecule has 1 aliphatic rings. The van der Waals surface area contributed by atoms with Gasteiger partial charge in [0.15, 0.2) is 0 Å². The van der Waals surface area contributed by atoms with Crippen LogP contribution in [0.2, 0.25) is 0 Å². The molecule has 3 nitrogen and oxygen atoms in total. The molecular weight excluding hydrogens is 291 g/mol. The topological polar surface area (TPSA) is 37.8 Å². The van der Waals surface area contributed by atoms with Crippen molar-refractivity contribution in [2.24, 2.45) is 0 Å². The van der Waals surface area contributed by atoms with Gasteiger partial charge in [-0.1, -0.05) is 12.1 Å². The molecule has 0 radical (unpaired) electrons. The Morgan fingerprint density at radius 3 is 2.50 bits per heavy atom. The van der Waals surface area contributed by atoms with E-state index in [1.807, 2.05) is 0 Å². The maximum atomic E-state index is 12.9.